The number of benzene rings is 1. The first kappa shape index (κ1) is 17.4. The lowest BCUT2D eigenvalue weighted by atomic mass is 10.0. The predicted octanol–water partition coefficient (Wildman–Crippen LogP) is 1.91. The molecule has 0 bridgehead atoms. The normalized spacial score (nSPS) is 21.9. The van der Waals surface area contributed by atoms with Crippen LogP contribution >= 0.6 is 0 Å². The fourth-order valence-corrected chi connectivity index (χ4v) is 3.73. The molecule has 4 rings (SSSR count). The zero-order valence-corrected chi connectivity index (χ0v) is 14.8. The molecule has 1 saturated carbocycles. The highest BCUT2D eigenvalue weighted by Crippen LogP contribution is 2.29. The van der Waals surface area contributed by atoms with Crippen LogP contribution in [-0.2, 0) is 6.54 Å². The number of carbonyl (C=O) groups excluding carboxylic acids is 1. The van der Waals surface area contributed by atoms with E-state index in [0.29, 0.717) is 17.9 Å². The van der Waals surface area contributed by atoms with Gasteiger partial charge in [0.05, 0.1) is 18.5 Å². The number of aliphatic hydroxyl groups excluding tert-OH is 1. The van der Waals surface area contributed by atoms with Crippen molar-refractivity contribution in [1.82, 2.24) is 24.8 Å². The van der Waals surface area contributed by atoms with Gasteiger partial charge in [-0.15, -0.1) is 0 Å². The van der Waals surface area contributed by atoms with Crippen LogP contribution in [0.2, 0.25) is 0 Å². The van der Waals surface area contributed by atoms with Crippen LogP contribution in [-0.4, -0.2) is 42.7 Å². The van der Waals surface area contributed by atoms with Gasteiger partial charge >= 0.3 is 0 Å². The van der Waals surface area contributed by atoms with Gasteiger partial charge in [-0.3, -0.25) is 4.79 Å². The molecular formula is C20H21N5O2. The van der Waals surface area contributed by atoms with Gasteiger partial charge in [0, 0.05) is 42.5 Å². The van der Waals surface area contributed by atoms with Gasteiger partial charge in [-0.05, 0) is 30.4 Å². The number of rotatable bonds is 5. The van der Waals surface area contributed by atoms with Gasteiger partial charge in [0.1, 0.15) is 6.33 Å². The average Bonchev–Trinajstić information content (AvgIpc) is 3.32. The third-order valence-corrected chi connectivity index (χ3v) is 5.01. The zero-order chi connectivity index (χ0) is 18.6. The van der Waals surface area contributed by atoms with Gasteiger partial charge in [0.25, 0.3) is 5.91 Å². The molecule has 2 heterocycles. The summed E-state index contributed by atoms with van der Waals surface area (Å²) in [7, 11) is 0. The summed E-state index contributed by atoms with van der Waals surface area (Å²) in [6.07, 6.45) is 11.1. The molecule has 2 N–H and O–H groups in total. The Hall–Kier alpha value is -3.06. The van der Waals surface area contributed by atoms with Crippen molar-refractivity contribution < 1.29 is 9.90 Å². The maximum atomic E-state index is 12.9. The van der Waals surface area contributed by atoms with E-state index in [4.69, 9.17) is 0 Å². The smallest absolute Gasteiger partial charge is 0.252 e. The number of hydrogen-bond donors (Lipinski definition) is 2. The largest absolute Gasteiger partial charge is 0.391 e. The third-order valence-electron chi connectivity index (χ3n) is 5.01. The molecule has 1 fully saturated rings. The molecule has 1 amide bonds. The minimum atomic E-state index is -0.547. The summed E-state index contributed by atoms with van der Waals surface area (Å²) in [4.78, 5) is 25.0. The number of hydrogen-bond acceptors (Lipinski definition) is 5. The van der Waals surface area contributed by atoms with E-state index in [1.54, 1.807) is 31.0 Å². The second kappa shape index (κ2) is 7.67. The van der Waals surface area contributed by atoms with Crippen molar-refractivity contribution in [2.45, 2.75) is 31.5 Å². The van der Waals surface area contributed by atoms with Crippen molar-refractivity contribution in [2.24, 2.45) is 5.92 Å². The van der Waals surface area contributed by atoms with Crippen LogP contribution in [0.25, 0.3) is 11.1 Å². The predicted molar refractivity (Wildman–Crippen MR) is 99.7 cm³/mol. The monoisotopic (exact) mass is 363 g/mol. The van der Waals surface area contributed by atoms with Crippen molar-refractivity contribution in [3.8, 4) is 11.1 Å². The number of nitrogens with one attached hydrogen (secondary N) is 1. The number of amides is 1. The van der Waals surface area contributed by atoms with Crippen molar-refractivity contribution in [3.63, 3.8) is 0 Å². The molecule has 7 heteroatoms. The molecule has 0 spiro atoms. The zero-order valence-electron chi connectivity index (χ0n) is 14.8. The highest BCUT2D eigenvalue weighted by atomic mass is 16.3. The van der Waals surface area contributed by atoms with E-state index in [1.165, 1.54) is 6.33 Å². The summed E-state index contributed by atoms with van der Waals surface area (Å²) in [6, 6.07) is 7.11. The van der Waals surface area contributed by atoms with Crippen LogP contribution in [0, 0.1) is 5.92 Å². The SMILES string of the molecule is O=C(N[C@@H]1CC(Cn2ccnc2)C[C@H]1O)c1ccccc1-c1cncnc1. The summed E-state index contributed by atoms with van der Waals surface area (Å²) >= 11 is 0. The Morgan fingerprint density at radius 3 is 2.78 bits per heavy atom. The Labute approximate surface area is 157 Å². The Bertz CT molecular complexity index is 898. The first-order valence-corrected chi connectivity index (χ1v) is 9.00. The van der Waals surface area contributed by atoms with Gasteiger partial charge in [-0.1, -0.05) is 18.2 Å². The summed E-state index contributed by atoms with van der Waals surface area (Å²) < 4.78 is 2.01. The first-order chi connectivity index (χ1) is 13.2. The minimum Gasteiger partial charge on any atom is -0.391 e. The molecule has 1 aromatic carbocycles. The number of aromatic nitrogens is 4. The van der Waals surface area contributed by atoms with Crippen molar-refractivity contribution in [1.29, 1.82) is 0 Å². The second-order valence-electron chi connectivity index (χ2n) is 6.92. The van der Waals surface area contributed by atoms with Crippen molar-refractivity contribution in [2.75, 3.05) is 0 Å². The standard InChI is InChI=1S/C20H21N5O2/c26-19-8-14(11-25-6-5-21-13-25)7-18(19)24-20(27)17-4-2-1-3-16(17)15-9-22-12-23-10-15/h1-6,9-10,12-14,18-19,26H,7-8,11H2,(H,24,27)/t14?,18-,19-/m1/s1. The number of carbonyl (C=O) groups is 1. The molecule has 1 unspecified atom stereocenters. The summed E-state index contributed by atoms with van der Waals surface area (Å²) in [5.41, 5.74) is 2.11. The number of nitrogens with zero attached hydrogens (tertiary/aromatic N) is 4. The lowest BCUT2D eigenvalue weighted by Crippen LogP contribution is -2.40. The maximum Gasteiger partial charge on any atom is 0.252 e. The van der Waals surface area contributed by atoms with E-state index in [2.05, 4.69) is 20.3 Å². The summed E-state index contributed by atoms with van der Waals surface area (Å²) in [5, 5.41) is 13.4. The second-order valence-corrected chi connectivity index (χ2v) is 6.92. The Morgan fingerprint density at radius 2 is 2.00 bits per heavy atom. The quantitative estimate of drug-likeness (QED) is 0.722. The first-order valence-electron chi connectivity index (χ1n) is 9.00. The lowest BCUT2D eigenvalue weighted by molar-refractivity contribution is 0.0873. The van der Waals surface area contributed by atoms with E-state index in [9.17, 15) is 9.90 Å². The molecule has 7 nitrogen and oxygen atoms in total. The van der Waals surface area contributed by atoms with Crippen LogP contribution < -0.4 is 5.32 Å². The topological polar surface area (TPSA) is 92.9 Å². The van der Waals surface area contributed by atoms with E-state index < -0.39 is 6.10 Å². The molecule has 0 radical (unpaired) electrons. The molecule has 27 heavy (non-hydrogen) atoms. The molecule has 1 aliphatic carbocycles. The molecule has 3 atom stereocenters. The van der Waals surface area contributed by atoms with Crippen LogP contribution in [0.15, 0.2) is 61.7 Å². The molecule has 138 valence electrons. The molecule has 0 aliphatic heterocycles. The van der Waals surface area contributed by atoms with E-state index in [-0.39, 0.29) is 11.9 Å². The molecular weight excluding hydrogens is 342 g/mol. The van der Waals surface area contributed by atoms with Crippen molar-refractivity contribution >= 4 is 5.91 Å². The summed E-state index contributed by atoms with van der Waals surface area (Å²) in [6.45, 7) is 0.793. The molecule has 3 aromatic rings. The Kier molecular flexibility index (Phi) is 4.93. The van der Waals surface area contributed by atoms with Gasteiger partial charge in [0.15, 0.2) is 0 Å². The van der Waals surface area contributed by atoms with Gasteiger partial charge in [-0.25, -0.2) is 15.0 Å². The Balaban J connectivity index is 1.47. The van der Waals surface area contributed by atoms with Crippen LogP contribution in [0.3, 0.4) is 0 Å². The lowest BCUT2D eigenvalue weighted by Gasteiger charge is -2.18. The highest BCUT2D eigenvalue weighted by Gasteiger charge is 2.34. The van der Waals surface area contributed by atoms with Crippen LogP contribution in [0.4, 0.5) is 0 Å². The van der Waals surface area contributed by atoms with Gasteiger partial charge in [-0.2, -0.15) is 0 Å². The molecule has 1 aliphatic rings. The van der Waals surface area contributed by atoms with Crippen LogP contribution in [0.1, 0.15) is 23.2 Å². The number of imidazole rings is 1. The minimum absolute atomic E-state index is 0.193. The van der Waals surface area contributed by atoms with Crippen molar-refractivity contribution in [3.05, 3.63) is 67.3 Å². The third kappa shape index (κ3) is 3.88. The maximum absolute atomic E-state index is 12.9. The van der Waals surface area contributed by atoms with Gasteiger partial charge < -0.3 is 15.0 Å². The van der Waals surface area contributed by atoms with E-state index >= 15 is 0 Å². The Morgan fingerprint density at radius 1 is 1.19 bits per heavy atom. The molecule has 2 aromatic heterocycles. The highest BCUT2D eigenvalue weighted by molar-refractivity contribution is 6.00. The summed E-state index contributed by atoms with van der Waals surface area (Å²) in [5.74, 6) is 0.110. The van der Waals surface area contributed by atoms with E-state index in [1.807, 2.05) is 29.0 Å². The van der Waals surface area contributed by atoms with Gasteiger partial charge in [0.2, 0.25) is 0 Å². The average molecular weight is 363 g/mol. The molecule has 0 saturated heterocycles. The number of aliphatic hydroxyl groups is 1. The van der Waals surface area contributed by atoms with Crippen LogP contribution in [0.5, 0.6) is 0 Å². The fourth-order valence-electron chi connectivity index (χ4n) is 3.73. The van der Waals surface area contributed by atoms with E-state index in [0.717, 1.165) is 24.1 Å². The fraction of sp³-hybridized carbons (Fsp3) is 0.300.